The summed E-state index contributed by atoms with van der Waals surface area (Å²) in [6, 6.07) is 3.67. The number of benzene rings is 1. The summed E-state index contributed by atoms with van der Waals surface area (Å²) in [5.41, 5.74) is 1.80. The first-order valence-corrected chi connectivity index (χ1v) is 6.91. The minimum atomic E-state index is -0.610. The molecule has 0 saturated carbocycles. The van der Waals surface area contributed by atoms with Crippen molar-refractivity contribution in [2.24, 2.45) is 0 Å². The highest BCUT2D eigenvalue weighted by atomic mass is 35.5. The summed E-state index contributed by atoms with van der Waals surface area (Å²) in [7, 11) is 2.50. The zero-order valence-electron chi connectivity index (χ0n) is 11.7. The van der Waals surface area contributed by atoms with E-state index in [0.29, 0.717) is 5.02 Å². The smallest absolute Gasteiger partial charge is 0.344 e. The standard InChI is InChI=1S/C14H15ClO4S/c1-8-6-11(9(2)5-10(8)15)20-12(14(17)19-4)7-13(16)18-3/h5-7H,1-4H3. The maximum absolute atomic E-state index is 11.7. The topological polar surface area (TPSA) is 52.6 Å². The van der Waals surface area contributed by atoms with Crippen LogP contribution < -0.4 is 0 Å². The minimum absolute atomic E-state index is 0.157. The van der Waals surface area contributed by atoms with Crippen LogP contribution in [0, 0.1) is 13.8 Å². The van der Waals surface area contributed by atoms with Crippen molar-refractivity contribution in [2.75, 3.05) is 14.2 Å². The summed E-state index contributed by atoms with van der Waals surface area (Å²) >= 11 is 7.17. The Morgan fingerprint density at radius 2 is 1.80 bits per heavy atom. The van der Waals surface area contributed by atoms with Crippen molar-refractivity contribution in [2.45, 2.75) is 18.7 Å². The molecular weight excluding hydrogens is 300 g/mol. The molecule has 0 atom stereocenters. The lowest BCUT2D eigenvalue weighted by atomic mass is 10.2. The molecule has 0 saturated heterocycles. The molecule has 0 fully saturated rings. The van der Waals surface area contributed by atoms with E-state index in [1.165, 1.54) is 14.2 Å². The van der Waals surface area contributed by atoms with Gasteiger partial charge in [-0.3, -0.25) is 0 Å². The second kappa shape index (κ2) is 7.36. The van der Waals surface area contributed by atoms with Gasteiger partial charge in [0.1, 0.15) is 4.91 Å². The Morgan fingerprint density at radius 3 is 2.35 bits per heavy atom. The molecule has 1 aromatic rings. The van der Waals surface area contributed by atoms with Crippen LogP contribution in [0.5, 0.6) is 0 Å². The van der Waals surface area contributed by atoms with Crippen molar-refractivity contribution < 1.29 is 19.1 Å². The minimum Gasteiger partial charge on any atom is -0.466 e. The zero-order valence-corrected chi connectivity index (χ0v) is 13.2. The molecule has 0 spiro atoms. The Balaban J connectivity index is 3.14. The Kier molecular flexibility index (Phi) is 6.10. The average molecular weight is 315 g/mol. The quantitative estimate of drug-likeness (QED) is 0.485. The normalized spacial score (nSPS) is 11.2. The van der Waals surface area contributed by atoms with Gasteiger partial charge < -0.3 is 9.47 Å². The number of carbonyl (C=O) groups excluding carboxylic acids is 2. The van der Waals surface area contributed by atoms with Crippen LogP contribution >= 0.6 is 23.4 Å². The van der Waals surface area contributed by atoms with Gasteiger partial charge in [0.05, 0.1) is 14.2 Å². The molecule has 0 N–H and O–H groups in total. The molecule has 0 amide bonds. The van der Waals surface area contributed by atoms with Gasteiger partial charge >= 0.3 is 11.9 Å². The first-order valence-electron chi connectivity index (χ1n) is 5.71. The number of methoxy groups -OCH3 is 2. The molecular formula is C14H15ClO4S. The number of hydrogen-bond acceptors (Lipinski definition) is 5. The fraction of sp³-hybridized carbons (Fsp3) is 0.286. The van der Waals surface area contributed by atoms with Gasteiger partial charge in [0, 0.05) is 16.0 Å². The number of hydrogen-bond donors (Lipinski definition) is 0. The highest BCUT2D eigenvalue weighted by Crippen LogP contribution is 2.33. The molecule has 108 valence electrons. The largest absolute Gasteiger partial charge is 0.466 e. The Hall–Kier alpha value is -1.46. The second-order valence-corrected chi connectivity index (χ2v) is 5.48. The third-order valence-corrected chi connectivity index (χ3v) is 4.08. The average Bonchev–Trinajstić information content (AvgIpc) is 2.42. The van der Waals surface area contributed by atoms with E-state index < -0.39 is 11.9 Å². The monoisotopic (exact) mass is 314 g/mol. The summed E-state index contributed by atoms with van der Waals surface area (Å²) in [5, 5.41) is 0.656. The van der Waals surface area contributed by atoms with Gasteiger partial charge in [-0.05, 0) is 37.1 Å². The summed E-state index contributed by atoms with van der Waals surface area (Å²) in [6.07, 6.45) is 1.11. The molecule has 0 aliphatic carbocycles. The fourth-order valence-electron chi connectivity index (χ4n) is 1.38. The molecule has 0 heterocycles. The van der Waals surface area contributed by atoms with Crippen LogP contribution in [0.25, 0.3) is 0 Å². The molecule has 1 rings (SSSR count). The van der Waals surface area contributed by atoms with E-state index in [9.17, 15) is 9.59 Å². The van der Waals surface area contributed by atoms with Crippen molar-refractivity contribution in [1.29, 1.82) is 0 Å². The molecule has 0 aliphatic heterocycles. The van der Waals surface area contributed by atoms with Crippen molar-refractivity contribution in [3.63, 3.8) is 0 Å². The molecule has 0 radical (unpaired) electrons. The van der Waals surface area contributed by atoms with E-state index in [0.717, 1.165) is 33.9 Å². The fourth-order valence-corrected chi connectivity index (χ4v) is 2.61. The first-order chi connectivity index (χ1) is 9.38. The van der Waals surface area contributed by atoms with Gasteiger partial charge in [-0.1, -0.05) is 23.4 Å². The number of thioether (sulfide) groups is 1. The van der Waals surface area contributed by atoms with Gasteiger partial charge in [0.15, 0.2) is 0 Å². The lowest BCUT2D eigenvalue weighted by molar-refractivity contribution is -0.137. The molecule has 0 aromatic heterocycles. The number of aryl methyl sites for hydroxylation is 2. The van der Waals surface area contributed by atoms with Crippen LogP contribution in [0.15, 0.2) is 28.0 Å². The predicted molar refractivity (Wildman–Crippen MR) is 78.9 cm³/mol. The number of ether oxygens (including phenoxy) is 2. The lowest BCUT2D eigenvalue weighted by Gasteiger charge is -2.10. The van der Waals surface area contributed by atoms with Gasteiger partial charge in [-0.2, -0.15) is 0 Å². The van der Waals surface area contributed by atoms with Crippen molar-refractivity contribution in [3.05, 3.63) is 39.3 Å². The Bertz CT molecular complexity index is 567. The maximum Gasteiger partial charge on any atom is 0.344 e. The number of esters is 2. The van der Waals surface area contributed by atoms with E-state index in [-0.39, 0.29) is 4.91 Å². The van der Waals surface area contributed by atoms with Crippen LogP contribution in [0.3, 0.4) is 0 Å². The van der Waals surface area contributed by atoms with Gasteiger partial charge in [0.2, 0.25) is 0 Å². The highest BCUT2D eigenvalue weighted by molar-refractivity contribution is 8.04. The van der Waals surface area contributed by atoms with E-state index in [1.807, 2.05) is 26.0 Å². The first kappa shape index (κ1) is 16.6. The van der Waals surface area contributed by atoms with Crippen LogP contribution in [0.4, 0.5) is 0 Å². The van der Waals surface area contributed by atoms with Gasteiger partial charge in [-0.25, -0.2) is 9.59 Å². The van der Waals surface area contributed by atoms with Crippen molar-refractivity contribution >= 4 is 35.3 Å². The molecule has 4 nitrogen and oxygen atoms in total. The summed E-state index contributed by atoms with van der Waals surface area (Å²) in [4.78, 5) is 24.0. The van der Waals surface area contributed by atoms with Gasteiger partial charge in [0.25, 0.3) is 0 Å². The molecule has 6 heteroatoms. The number of rotatable bonds is 4. The van der Waals surface area contributed by atoms with Crippen LogP contribution in [-0.2, 0) is 19.1 Å². The third-order valence-electron chi connectivity index (χ3n) is 2.51. The van der Waals surface area contributed by atoms with E-state index in [4.69, 9.17) is 11.6 Å². The molecule has 1 aromatic carbocycles. The van der Waals surface area contributed by atoms with Gasteiger partial charge in [-0.15, -0.1) is 0 Å². The highest BCUT2D eigenvalue weighted by Gasteiger charge is 2.16. The number of carbonyl (C=O) groups is 2. The predicted octanol–water partition coefficient (Wildman–Crippen LogP) is 3.28. The molecule has 0 aliphatic rings. The lowest BCUT2D eigenvalue weighted by Crippen LogP contribution is -2.06. The van der Waals surface area contributed by atoms with E-state index >= 15 is 0 Å². The van der Waals surface area contributed by atoms with Crippen molar-refractivity contribution in [3.8, 4) is 0 Å². The zero-order chi connectivity index (χ0) is 15.3. The second-order valence-electron chi connectivity index (χ2n) is 3.99. The SMILES string of the molecule is COC(=O)C=C(Sc1cc(C)c(Cl)cc1C)C(=O)OC. The molecule has 20 heavy (non-hydrogen) atoms. The summed E-state index contributed by atoms with van der Waals surface area (Å²) in [5.74, 6) is -1.20. The summed E-state index contributed by atoms with van der Waals surface area (Å²) < 4.78 is 9.19. The Morgan fingerprint density at radius 1 is 1.15 bits per heavy atom. The maximum atomic E-state index is 11.7. The molecule has 0 bridgehead atoms. The molecule has 0 unspecified atom stereocenters. The number of halogens is 1. The third kappa shape index (κ3) is 4.28. The van der Waals surface area contributed by atoms with Crippen molar-refractivity contribution in [1.82, 2.24) is 0 Å². The Labute approximate surface area is 127 Å². The van der Waals surface area contributed by atoms with Crippen LogP contribution in [0.1, 0.15) is 11.1 Å². The van der Waals surface area contributed by atoms with Crippen LogP contribution in [0.2, 0.25) is 5.02 Å². The van der Waals surface area contributed by atoms with E-state index in [1.54, 1.807) is 0 Å². The van der Waals surface area contributed by atoms with E-state index in [2.05, 4.69) is 9.47 Å². The summed E-state index contributed by atoms with van der Waals surface area (Å²) in [6.45, 7) is 3.74. The van der Waals surface area contributed by atoms with Crippen LogP contribution in [-0.4, -0.2) is 26.2 Å².